The van der Waals surface area contributed by atoms with Crippen molar-refractivity contribution in [3.8, 4) is 5.75 Å². The van der Waals surface area contributed by atoms with Gasteiger partial charge in [0.05, 0.1) is 17.6 Å². The summed E-state index contributed by atoms with van der Waals surface area (Å²) in [6.07, 6.45) is 4.66. The van der Waals surface area contributed by atoms with Crippen molar-refractivity contribution >= 4 is 11.0 Å². The highest BCUT2D eigenvalue weighted by atomic mass is 16.5. The van der Waals surface area contributed by atoms with Crippen LogP contribution < -0.4 is 10.4 Å². The van der Waals surface area contributed by atoms with Crippen LogP contribution >= 0.6 is 0 Å². The molecule has 1 aliphatic rings. The van der Waals surface area contributed by atoms with E-state index < -0.39 is 0 Å². The van der Waals surface area contributed by atoms with E-state index >= 15 is 0 Å². The Kier molecular flexibility index (Phi) is 3.55. The van der Waals surface area contributed by atoms with Crippen LogP contribution in [0.3, 0.4) is 0 Å². The SMILES string of the molecule is CCOc1ccc2[nH]c(=O)n(C3CCCC(C)C3)c2c1. The Morgan fingerprint density at radius 1 is 1.40 bits per heavy atom. The number of H-pyrrole nitrogens is 1. The van der Waals surface area contributed by atoms with E-state index in [-0.39, 0.29) is 5.69 Å². The average molecular weight is 274 g/mol. The first-order valence-corrected chi connectivity index (χ1v) is 7.56. The van der Waals surface area contributed by atoms with Crippen molar-refractivity contribution in [1.82, 2.24) is 9.55 Å². The summed E-state index contributed by atoms with van der Waals surface area (Å²) >= 11 is 0. The summed E-state index contributed by atoms with van der Waals surface area (Å²) in [5.74, 6) is 1.53. The first-order valence-electron chi connectivity index (χ1n) is 7.56. The number of fused-ring (bicyclic) bond motifs is 1. The quantitative estimate of drug-likeness (QED) is 0.931. The highest BCUT2D eigenvalue weighted by molar-refractivity contribution is 5.77. The number of ether oxygens (including phenoxy) is 1. The highest BCUT2D eigenvalue weighted by Crippen LogP contribution is 2.33. The lowest BCUT2D eigenvalue weighted by molar-refractivity contribution is 0.282. The van der Waals surface area contributed by atoms with E-state index in [9.17, 15) is 4.79 Å². The van der Waals surface area contributed by atoms with Crippen molar-refractivity contribution in [2.75, 3.05) is 6.61 Å². The Balaban J connectivity index is 2.06. The summed E-state index contributed by atoms with van der Waals surface area (Å²) in [6.45, 7) is 4.88. The molecule has 1 heterocycles. The molecular weight excluding hydrogens is 252 g/mol. The smallest absolute Gasteiger partial charge is 0.326 e. The van der Waals surface area contributed by atoms with Gasteiger partial charge in [-0.25, -0.2) is 4.79 Å². The third-order valence-corrected chi connectivity index (χ3v) is 4.27. The maximum Gasteiger partial charge on any atom is 0.326 e. The van der Waals surface area contributed by atoms with Crippen LogP contribution in [0, 0.1) is 5.92 Å². The van der Waals surface area contributed by atoms with Crippen LogP contribution in [0.1, 0.15) is 45.6 Å². The molecule has 3 rings (SSSR count). The van der Waals surface area contributed by atoms with Crippen molar-refractivity contribution in [3.05, 3.63) is 28.7 Å². The molecule has 20 heavy (non-hydrogen) atoms. The van der Waals surface area contributed by atoms with E-state index in [1.165, 1.54) is 12.8 Å². The average Bonchev–Trinajstić information content (AvgIpc) is 2.74. The molecule has 4 nitrogen and oxygen atoms in total. The molecule has 1 aromatic heterocycles. The lowest BCUT2D eigenvalue weighted by Crippen LogP contribution is -2.26. The molecule has 0 spiro atoms. The second kappa shape index (κ2) is 5.35. The van der Waals surface area contributed by atoms with Crippen molar-refractivity contribution in [1.29, 1.82) is 0 Å². The molecule has 0 aliphatic heterocycles. The first-order chi connectivity index (χ1) is 9.69. The summed E-state index contributed by atoms with van der Waals surface area (Å²) in [7, 11) is 0. The predicted octanol–water partition coefficient (Wildman–Crippen LogP) is 3.48. The van der Waals surface area contributed by atoms with Crippen LogP contribution in [0.4, 0.5) is 0 Å². The maximum absolute atomic E-state index is 12.3. The van der Waals surface area contributed by atoms with Gasteiger partial charge in [0.25, 0.3) is 0 Å². The van der Waals surface area contributed by atoms with Gasteiger partial charge in [-0.3, -0.25) is 4.57 Å². The van der Waals surface area contributed by atoms with Crippen LogP contribution in [0.25, 0.3) is 11.0 Å². The number of nitrogens with zero attached hydrogens (tertiary/aromatic N) is 1. The Morgan fingerprint density at radius 3 is 3.00 bits per heavy atom. The van der Waals surface area contributed by atoms with E-state index in [0.717, 1.165) is 29.6 Å². The van der Waals surface area contributed by atoms with Crippen LogP contribution in [-0.4, -0.2) is 16.2 Å². The van der Waals surface area contributed by atoms with Gasteiger partial charge < -0.3 is 9.72 Å². The molecule has 0 bridgehead atoms. The van der Waals surface area contributed by atoms with Crippen LogP contribution in [0.15, 0.2) is 23.0 Å². The lowest BCUT2D eigenvalue weighted by atomic mass is 9.87. The summed E-state index contributed by atoms with van der Waals surface area (Å²) in [5, 5.41) is 0. The Bertz CT molecular complexity index is 656. The molecule has 0 amide bonds. The normalized spacial score (nSPS) is 23.1. The monoisotopic (exact) mass is 274 g/mol. The Hall–Kier alpha value is -1.71. The molecule has 1 saturated carbocycles. The fourth-order valence-electron chi connectivity index (χ4n) is 3.36. The molecule has 1 aliphatic carbocycles. The number of benzene rings is 1. The molecule has 1 fully saturated rings. The van der Waals surface area contributed by atoms with Gasteiger partial charge in [-0.05, 0) is 37.8 Å². The van der Waals surface area contributed by atoms with E-state index in [0.29, 0.717) is 18.6 Å². The summed E-state index contributed by atoms with van der Waals surface area (Å²) < 4.78 is 7.50. The molecule has 2 atom stereocenters. The molecule has 1 N–H and O–H groups in total. The van der Waals surface area contributed by atoms with Crippen molar-refractivity contribution in [2.24, 2.45) is 5.92 Å². The summed E-state index contributed by atoms with van der Waals surface area (Å²) in [4.78, 5) is 15.2. The first kappa shape index (κ1) is 13.3. The molecule has 0 saturated heterocycles. The van der Waals surface area contributed by atoms with Gasteiger partial charge in [0.15, 0.2) is 0 Å². The number of hydrogen-bond donors (Lipinski definition) is 1. The van der Waals surface area contributed by atoms with Crippen molar-refractivity contribution in [3.63, 3.8) is 0 Å². The van der Waals surface area contributed by atoms with Crippen LogP contribution in [-0.2, 0) is 0 Å². The Morgan fingerprint density at radius 2 is 2.25 bits per heavy atom. The van der Waals surface area contributed by atoms with E-state index in [2.05, 4.69) is 11.9 Å². The van der Waals surface area contributed by atoms with Gasteiger partial charge >= 0.3 is 5.69 Å². The molecule has 4 heteroatoms. The standard InChI is InChI=1S/C16H22N2O2/c1-3-20-13-7-8-14-15(10-13)18(16(19)17-14)12-6-4-5-11(2)9-12/h7-8,10-12H,3-6,9H2,1-2H3,(H,17,19). The number of rotatable bonds is 3. The van der Waals surface area contributed by atoms with Gasteiger partial charge in [0.1, 0.15) is 5.75 Å². The fraction of sp³-hybridized carbons (Fsp3) is 0.562. The minimum Gasteiger partial charge on any atom is -0.494 e. The number of aromatic nitrogens is 2. The van der Waals surface area contributed by atoms with E-state index in [4.69, 9.17) is 4.74 Å². The van der Waals surface area contributed by atoms with Gasteiger partial charge in [0, 0.05) is 12.1 Å². The molecule has 108 valence electrons. The lowest BCUT2D eigenvalue weighted by Gasteiger charge is -2.27. The van der Waals surface area contributed by atoms with Crippen LogP contribution in [0.2, 0.25) is 0 Å². The predicted molar refractivity (Wildman–Crippen MR) is 80.4 cm³/mol. The second-order valence-electron chi connectivity index (χ2n) is 5.84. The van der Waals surface area contributed by atoms with Gasteiger partial charge in [0.2, 0.25) is 0 Å². The largest absolute Gasteiger partial charge is 0.494 e. The molecule has 2 aromatic rings. The number of hydrogen-bond acceptors (Lipinski definition) is 2. The number of aromatic amines is 1. The minimum atomic E-state index is 0.00717. The number of imidazole rings is 1. The zero-order valence-corrected chi connectivity index (χ0v) is 12.2. The summed E-state index contributed by atoms with van der Waals surface area (Å²) in [6, 6.07) is 6.15. The topological polar surface area (TPSA) is 47.0 Å². The van der Waals surface area contributed by atoms with E-state index in [1.54, 1.807) is 0 Å². The molecule has 0 radical (unpaired) electrons. The van der Waals surface area contributed by atoms with Gasteiger partial charge in [-0.2, -0.15) is 0 Å². The van der Waals surface area contributed by atoms with Crippen molar-refractivity contribution < 1.29 is 4.74 Å². The van der Waals surface area contributed by atoms with E-state index in [1.807, 2.05) is 29.7 Å². The van der Waals surface area contributed by atoms with Gasteiger partial charge in [-0.15, -0.1) is 0 Å². The highest BCUT2D eigenvalue weighted by Gasteiger charge is 2.23. The number of nitrogens with one attached hydrogen (secondary N) is 1. The zero-order valence-electron chi connectivity index (χ0n) is 12.2. The second-order valence-corrected chi connectivity index (χ2v) is 5.84. The summed E-state index contributed by atoms with van der Waals surface area (Å²) in [5.41, 5.74) is 1.88. The minimum absolute atomic E-state index is 0.00717. The maximum atomic E-state index is 12.3. The molecular formula is C16H22N2O2. The third kappa shape index (κ3) is 2.35. The van der Waals surface area contributed by atoms with Crippen LogP contribution in [0.5, 0.6) is 5.75 Å². The molecule has 2 unspecified atom stereocenters. The van der Waals surface area contributed by atoms with Crippen molar-refractivity contribution in [2.45, 2.75) is 45.6 Å². The zero-order chi connectivity index (χ0) is 14.1. The Labute approximate surface area is 118 Å². The fourth-order valence-corrected chi connectivity index (χ4v) is 3.36. The van der Waals surface area contributed by atoms with Gasteiger partial charge in [-0.1, -0.05) is 19.8 Å². The third-order valence-electron chi connectivity index (χ3n) is 4.27. The molecule has 1 aromatic carbocycles.